The van der Waals surface area contributed by atoms with E-state index in [1.165, 1.54) is 5.57 Å². The first-order chi connectivity index (χ1) is 5.07. The van der Waals surface area contributed by atoms with Crippen molar-refractivity contribution < 1.29 is 4.74 Å². The van der Waals surface area contributed by atoms with Crippen molar-refractivity contribution in [1.82, 2.24) is 0 Å². The second-order valence-electron chi connectivity index (χ2n) is 2.76. The first kappa shape index (κ1) is 10.0. The molecule has 0 amide bonds. The summed E-state index contributed by atoms with van der Waals surface area (Å²) in [6.45, 7) is 9.79. The van der Waals surface area contributed by atoms with Crippen LogP contribution < -0.4 is 0 Å². The van der Waals surface area contributed by atoms with Crippen LogP contribution >= 0.6 is 0 Å². The van der Waals surface area contributed by atoms with Crippen molar-refractivity contribution in [1.29, 1.82) is 0 Å². The largest absolute Gasteiger partial charge is 0.497 e. The summed E-state index contributed by atoms with van der Waals surface area (Å²) < 4.78 is 5.08. The van der Waals surface area contributed by atoms with Crippen LogP contribution in [0.5, 0.6) is 0 Å². The van der Waals surface area contributed by atoms with Crippen LogP contribution in [-0.2, 0) is 4.74 Å². The highest BCUT2D eigenvalue weighted by Gasteiger charge is 1.92. The fourth-order valence-electron chi connectivity index (χ4n) is 0.627. The van der Waals surface area contributed by atoms with Crippen molar-refractivity contribution in [3.05, 3.63) is 35.6 Å². The molecule has 1 nitrogen and oxygen atoms in total. The minimum Gasteiger partial charge on any atom is -0.497 e. The normalized spacial score (nSPS) is 10.7. The van der Waals surface area contributed by atoms with Gasteiger partial charge in [0.15, 0.2) is 0 Å². The van der Waals surface area contributed by atoms with Crippen molar-refractivity contribution >= 4 is 0 Å². The van der Waals surface area contributed by atoms with E-state index in [0.717, 1.165) is 11.3 Å². The third-order valence-electron chi connectivity index (χ3n) is 1.21. The van der Waals surface area contributed by atoms with E-state index in [9.17, 15) is 0 Å². The van der Waals surface area contributed by atoms with Gasteiger partial charge in [0.25, 0.3) is 0 Å². The lowest BCUT2D eigenvalue weighted by atomic mass is 10.2. The van der Waals surface area contributed by atoms with E-state index in [1.54, 1.807) is 7.11 Å². The molecular formula is C10H16O. The Kier molecular flexibility index (Phi) is 4.35. The van der Waals surface area contributed by atoms with Crippen LogP contribution in [-0.4, -0.2) is 7.11 Å². The predicted octanol–water partition coefficient (Wildman–Crippen LogP) is 3.06. The molecule has 0 heterocycles. The topological polar surface area (TPSA) is 9.23 Å². The molecule has 0 rings (SSSR count). The maximum Gasteiger partial charge on any atom is 0.121 e. The third kappa shape index (κ3) is 4.43. The van der Waals surface area contributed by atoms with Gasteiger partial charge in [0.05, 0.1) is 7.11 Å². The molecule has 0 radical (unpaired) electrons. The monoisotopic (exact) mass is 152 g/mol. The Morgan fingerprint density at radius 3 is 2.00 bits per heavy atom. The van der Waals surface area contributed by atoms with E-state index in [2.05, 4.69) is 6.58 Å². The van der Waals surface area contributed by atoms with Crippen LogP contribution in [0.3, 0.4) is 0 Å². The zero-order valence-electron chi connectivity index (χ0n) is 7.77. The predicted molar refractivity (Wildman–Crippen MR) is 49.3 cm³/mol. The van der Waals surface area contributed by atoms with Crippen molar-refractivity contribution in [3.63, 3.8) is 0 Å². The second kappa shape index (κ2) is 4.78. The van der Waals surface area contributed by atoms with Crippen LogP contribution in [0.1, 0.15) is 20.8 Å². The van der Waals surface area contributed by atoms with Crippen molar-refractivity contribution in [2.24, 2.45) is 0 Å². The van der Waals surface area contributed by atoms with Gasteiger partial charge in [-0.1, -0.05) is 18.2 Å². The molecule has 62 valence electrons. The molecule has 0 aliphatic carbocycles. The molecule has 0 fully saturated rings. The van der Waals surface area contributed by atoms with E-state index in [0.29, 0.717) is 0 Å². The van der Waals surface area contributed by atoms with E-state index in [4.69, 9.17) is 4.74 Å². The fraction of sp³-hybridized carbons (Fsp3) is 0.400. The van der Waals surface area contributed by atoms with Gasteiger partial charge in [-0.25, -0.2) is 0 Å². The maximum atomic E-state index is 5.08. The van der Waals surface area contributed by atoms with Crippen molar-refractivity contribution in [2.75, 3.05) is 7.11 Å². The molecule has 11 heavy (non-hydrogen) atoms. The van der Waals surface area contributed by atoms with Gasteiger partial charge < -0.3 is 4.74 Å². The van der Waals surface area contributed by atoms with E-state index in [-0.39, 0.29) is 0 Å². The van der Waals surface area contributed by atoms with Gasteiger partial charge >= 0.3 is 0 Å². The molecule has 0 aliphatic heterocycles. The minimum absolute atomic E-state index is 0.839. The van der Waals surface area contributed by atoms with Gasteiger partial charge in [-0.15, -0.1) is 0 Å². The number of ether oxygens (including phenoxy) is 1. The fourth-order valence-corrected chi connectivity index (χ4v) is 0.627. The smallest absolute Gasteiger partial charge is 0.121 e. The Morgan fingerprint density at radius 2 is 1.73 bits per heavy atom. The summed E-state index contributed by atoms with van der Waals surface area (Å²) in [7, 11) is 1.65. The van der Waals surface area contributed by atoms with Crippen LogP contribution in [0.2, 0.25) is 0 Å². The Bertz CT molecular complexity index is 193. The number of methoxy groups -OCH3 is 1. The van der Waals surface area contributed by atoms with E-state index < -0.39 is 0 Å². The van der Waals surface area contributed by atoms with Gasteiger partial charge in [-0.2, -0.15) is 0 Å². The first-order valence-corrected chi connectivity index (χ1v) is 3.63. The molecule has 0 spiro atoms. The Morgan fingerprint density at radius 1 is 1.18 bits per heavy atom. The molecule has 0 aromatic heterocycles. The number of hydrogen-bond acceptors (Lipinski definition) is 1. The summed E-state index contributed by atoms with van der Waals surface area (Å²) in [5.74, 6) is 0.839. The summed E-state index contributed by atoms with van der Waals surface area (Å²) in [4.78, 5) is 0. The average Bonchev–Trinajstić information content (AvgIpc) is 1.87. The summed E-state index contributed by atoms with van der Waals surface area (Å²) in [6, 6.07) is 0. The highest BCUT2D eigenvalue weighted by atomic mass is 16.5. The van der Waals surface area contributed by atoms with E-state index in [1.807, 2.05) is 32.9 Å². The Balaban J connectivity index is 4.37. The number of allylic oxidation sites excluding steroid dienone is 4. The van der Waals surface area contributed by atoms with Crippen LogP contribution in [0, 0.1) is 0 Å². The summed E-state index contributed by atoms with van der Waals surface area (Å²) in [5.41, 5.74) is 2.20. The molecule has 0 aromatic rings. The highest BCUT2D eigenvalue weighted by molar-refractivity contribution is 5.25. The molecular weight excluding hydrogens is 136 g/mol. The lowest BCUT2D eigenvalue weighted by Crippen LogP contribution is -1.85. The molecule has 1 heteroatoms. The summed E-state index contributed by atoms with van der Waals surface area (Å²) in [5, 5.41) is 0. The van der Waals surface area contributed by atoms with E-state index >= 15 is 0 Å². The van der Waals surface area contributed by atoms with Crippen LogP contribution in [0.4, 0.5) is 0 Å². The Hall–Kier alpha value is -0.980. The highest BCUT2D eigenvalue weighted by Crippen LogP contribution is 2.07. The second-order valence-corrected chi connectivity index (χ2v) is 2.76. The average molecular weight is 152 g/mol. The summed E-state index contributed by atoms with van der Waals surface area (Å²) >= 11 is 0. The molecule has 0 atom stereocenters. The van der Waals surface area contributed by atoms with Crippen LogP contribution in [0.25, 0.3) is 0 Å². The van der Waals surface area contributed by atoms with Gasteiger partial charge in [-0.3, -0.25) is 0 Å². The first-order valence-electron chi connectivity index (χ1n) is 3.63. The molecule has 0 aliphatic rings. The lowest BCUT2D eigenvalue weighted by Gasteiger charge is -2.02. The maximum absolute atomic E-state index is 5.08. The summed E-state index contributed by atoms with van der Waals surface area (Å²) in [6.07, 6.45) is 3.94. The molecule has 0 saturated carbocycles. The van der Waals surface area contributed by atoms with Crippen molar-refractivity contribution in [2.45, 2.75) is 20.8 Å². The SMILES string of the molecule is C=C(C)C(=CC=C(C)C)OC. The Labute approximate surface area is 69.1 Å². The lowest BCUT2D eigenvalue weighted by molar-refractivity contribution is 0.301. The quantitative estimate of drug-likeness (QED) is 0.446. The zero-order valence-corrected chi connectivity index (χ0v) is 7.77. The molecule has 0 aromatic carbocycles. The van der Waals surface area contributed by atoms with Crippen LogP contribution in [0.15, 0.2) is 35.6 Å². The van der Waals surface area contributed by atoms with Gasteiger partial charge in [0, 0.05) is 0 Å². The van der Waals surface area contributed by atoms with Gasteiger partial charge in [0.1, 0.15) is 5.76 Å². The standard InChI is InChI=1S/C10H16O/c1-8(2)6-7-10(11-5)9(3)4/h6-7H,3H2,1-2,4-5H3. The molecule has 0 saturated heterocycles. The number of hydrogen-bond donors (Lipinski definition) is 0. The third-order valence-corrected chi connectivity index (χ3v) is 1.21. The zero-order chi connectivity index (χ0) is 8.85. The van der Waals surface area contributed by atoms with Gasteiger partial charge in [-0.05, 0) is 32.4 Å². The number of rotatable bonds is 3. The molecule has 0 bridgehead atoms. The van der Waals surface area contributed by atoms with Crippen molar-refractivity contribution in [3.8, 4) is 0 Å². The minimum atomic E-state index is 0.839. The molecule has 0 unspecified atom stereocenters. The van der Waals surface area contributed by atoms with Gasteiger partial charge in [0.2, 0.25) is 0 Å². The molecule has 0 N–H and O–H groups in total.